The second-order valence-corrected chi connectivity index (χ2v) is 3.77. The fraction of sp³-hybridized carbons (Fsp3) is 0.556. The molecule has 0 unspecified atom stereocenters. The summed E-state index contributed by atoms with van der Waals surface area (Å²) in [5.74, 6) is 0. The van der Waals surface area contributed by atoms with Gasteiger partial charge < -0.3 is 10.6 Å². The molecule has 0 radical (unpaired) electrons. The van der Waals surface area contributed by atoms with E-state index in [2.05, 4.69) is 31.7 Å². The zero-order chi connectivity index (χ0) is 13.1. The minimum absolute atomic E-state index is 0.479. The molecule has 0 aromatic rings. The Morgan fingerprint density at radius 1 is 1.06 bits per heavy atom. The van der Waals surface area contributed by atoms with Crippen molar-refractivity contribution in [3.05, 3.63) is 0 Å². The average Bonchev–Trinajstić information content (AvgIpc) is 2.27. The summed E-state index contributed by atoms with van der Waals surface area (Å²) in [6, 6.07) is 0. The zero-order valence-corrected chi connectivity index (χ0v) is 11.8. The molecule has 0 aliphatic heterocycles. The molecule has 0 rings (SSSR count). The molecule has 6 nitrogen and oxygen atoms in total. The van der Waals surface area contributed by atoms with E-state index in [0.717, 1.165) is 13.1 Å². The van der Waals surface area contributed by atoms with Crippen molar-refractivity contribution >= 4 is 46.6 Å². The van der Waals surface area contributed by atoms with E-state index in [4.69, 9.17) is 24.4 Å². The normalized spacial score (nSPS) is 11.1. The highest BCUT2D eigenvalue weighted by Gasteiger charge is 1.91. The second-order valence-electron chi connectivity index (χ2n) is 2.95. The maximum atomic E-state index is 4.94. The fourth-order valence-electron chi connectivity index (χ4n) is 0.752. The van der Waals surface area contributed by atoms with Crippen LogP contribution in [0.2, 0.25) is 0 Å². The average molecular weight is 274 g/mol. The first-order valence-electron chi connectivity index (χ1n) is 5.25. The number of nitrogens with zero attached hydrogens (tertiary/aromatic N) is 2. The van der Waals surface area contributed by atoms with Gasteiger partial charge in [-0.05, 0) is 45.2 Å². The first-order chi connectivity index (χ1) is 8.10. The Bertz CT molecular complexity index is 313. The Kier molecular flexibility index (Phi) is 9.17. The van der Waals surface area contributed by atoms with E-state index in [0.29, 0.717) is 15.9 Å². The molecule has 0 atom stereocenters. The number of hydrazone groups is 2. The SMILES string of the molecule is CCNC(=S)NN=CC(C)=NNC(=S)NCC. The summed E-state index contributed by atoms with van der Waals surface area (Å²) in [6.07, 6.45) is 1.55. The van der Waals surface area contributed by atoms with Crippen molar-refractivity contribution in [3.8, 4) is 0 Å². The Morgan fingerprint density at radius 2 is 1.59 bits per heavy atom. The van der Waals surface area contributed by atoms with Gasteiger partial charge in [-0.2, -0.15) is 10.2 Å². The maximum absolute atomic E-state index is 4.94. The van der Waals surface area contributed by atoms with Crippen molar-refractivity contribution in [2.45, 2.75) is 20.8 Å². The number of thiocarbonyl (C=S) groups is 2. The lowest BCUT2D eigenvalue weighted by molar-refractivity contribution is 0.899. The molecule has 0 aliphatic carbocycles. The number of hydrogen-bond donors (Lipinski definition) is 4. The molecule has 8 heteroatoms. The molecule has 0 aliphatic rings. The Labute approximate surface area is 112 Å². The van der Waals surface area contributed by atoms with Crippen LogP contribution in [0.4, 0.5) is 0 Å². The summed E-state index contributed by atoms with van der Waals surface area (Å²) in [4.78, 5) is 0. The third-order valence-corrected chi connectivity index (χ3v) is 1.90. The molecule has 0 amide bonds. The van der Waals surface area contributed by atoms with Gasteiger partial charge in [-0.15, -0.1) is 0 Å². The van der Waals surface area contributed by atoms with Crippen LogP contribution in [0, 0.1) is 0 Å². The largest absolute Gasteiger partial charge is 0.362 e. The predicted octanol–water partition coefficient (Wildman–Crippen LogP) is 0.316. The van der Waals surface area contributed by atoms with Crippen LogP contribution in [0.5, 0.6) is 0 Å². The van der Waals surface area contributed by atoms with Crippen LogP contribution in [-0.2, 0) is 0 Å². The Morgan fingerprint density at radius 3 is 2.12 bits per heavy atom. The zero-order valence-electron chi connectivity index (χ0n) is 10.2. The van der Waals surface area contributed by atoms with E-state index >= 15 is 0 Å². The van der Waals surface area contributed by atoms with Gasteiger partial charge >= 0.3 is 0 Å². The molecule has 0 fully saturated rings. The van der Waals surface area contributed by atoms with Crippen molar-refractivity contribution in [1.29, 1.82) is 0 Å². The molecule has 0 aromatic carbocycles. The molecule has 0 spiro atoms. The highest BCUT2D eigenvalue weighted by atomic mass is 32.1. The van der Waals surface area contributed by atoms with Crippen molar-refractivity contribution in [3.63, 3.8) is 0 Å². The van der Waals surface area contributed by atoms with Crippen molar-refractivity contribution in [2.75, 3.05) is 13.1 Å². The summed E-state index contributed by atoms with van der Waals surface area (Å²) < 4.78 is 0. The Hall–Kier alpha value is -1.28. The van der Waals surface area contributed by atoms with Crippen LogP contribution in [0.25, 0.3) is 0 Å². The lowest BCUT2D eigenvalue weighted by Crippen LogP contribution is -2.33. The minimum atomic E-state index is 0.479. The summed E-state index contributed by atoms with van der Waals surface area (Å²) in [7, 11) is 0. The Balaban J connectivity index is 3.94. The second kappa shape index (κ2) is 9.91. The van der Waals surface area contributed by atoms with Gasteiger partial charge in [-0.1, -0.05) is 0 Å². The van der Waals surface area contributed by atoms with Gasteiger partial charge in [0.25, 0.3) is 0 Å². The summed E-state index contributed by atoms with van der Waals surface area (Å²) in [5.41, 5.74) is 6.03. The highest BCUT2D eigenvalue weighted by molar-refractivity contribution is 7.80. The van der Waals surface area contributed by atoms with Crippen LogP contribution >= 0.6 is 24.4 Å². The van der Waals surface area contributed by atoms with Crippen LogP contribution in [0.15, 0.2) is 10.2 Å². The molecule has 0 saturated carbocycles. The molecule has 96 valence electrons. The van der Waals surface area contributed by atoms with E-state index in [1.807, 2.05) is 13.8 Å². The number of rotatable bonds is 5. The predicted molar refractivity (Wildman–Crippen MR) is 80.4 cm³/mol. The first kappa shape index (κ1) is 15.7. The minimum Gasteiger partial charge on any atom is -0.362 e. The van der Waals surface area contributed by atoms with E-state index in [-0.39, 0.29) is 0 Å². The van der Waals surface area contributed by atoms with Crippen molar-refractivity contribution in [2.24, 2.45) is 10.2 Å². The van der Waals surface area contributed by atoms with Gasteiger partial charge in [0.15, 0.2) is 10.2 Å². The monoisotopic (exact) mass is 274 g/mol. The lowest BCUT2D eigenvalue weighted by Gasteiger charge is -2.04. The van der Waals surface area contributed by atoms with E-state index in [1.165, 1.54) is 0 Å². The van der Waals surface area contributed by atoms with Gasteiger partial charge in [0.05, 0.1) is 11.9 Å². The molecule has 0 bridgehead atoms. The third-order valence-electron chi connectivity index (χ3n) is 1.43. The van der Waals surface area contributed by atoms with Crippen LogP contribution < -0.4 is 21.5 Å². The van der Waals surface area contributed by atoms with Crippen molar-refractivity contribution in [1.82, 2.24) is 21.5 Å². The van der Waals surface area contributed by atoms with E-state index in [9.17, 15) is 0 Å². The van der Waals surface area contributed by atoms with Gasteiger partial charge in [0.1, 0.15) is 0 Å². The molecule has 0 saturated heterocycles. The summed E-state index contributed by atoms with van der Waals surface area (Å²) in [6.45, 7) is 7.22. The third kappa shape index (κ3) is 9.64. The molecule has 17 heavy (non-hydrogen) atoms. The topological polar surface area (TPSA) is 72.8 Å². The number of nitrogens with one attached hydrogen (secondary N) is 4. The van der Waals surface area contributed by atoms with Gasteiger partial charge in [0, 0.05) is 13.1 Å². The first-order valence-corrected chi connectivity index (χ1v) is 6.06. The molecular formula is C9H18N6S2. The summed E-state index contributed by atoms with van der Waals surface area (Å²) >= 11 is 9.86. The van der Waals surface area contributed by atoms with Crippen LogP contribution in [0.1, 0.15) is 20.8 Å². The number of hydrogen-bond acceptors (Lipinski definition) is 4. The smallest absolute Gasteiger partial charge is 0.186 e. The maximum Gasteiger partial charge on any atom is 0.186 e. The highest BCUT2D eigenvalue weighted by Crippen LogP contribution is 1.73. The van der Waals surface area contributed by atoms with Crippen LogP contribution in [-0.4, -0.2) is 35.2 Å². The molecule has 0 aromatic heterocycles. The fourth-order valence-corrected chi connectivity index (χ4v) is 1.14. The van der Waals surface area contributed by atoms with Gasteiger partial charge in [0.2, 0.25) is 0 Å². The van der Waals surface area contributed by atoms with Crippen LogP contribution in [0.3, 0.4) is 0 Å². The van der Waals surface area contributed by atoms with E-state index in [1.54, 1.807) is 13.1 Å². The quantitative estimate of drug-likeness (QED) is 0.329. The van der Waals surface area contributed by atoms with Gasteiger partial charge in [-0.25, -0.2) is 0 Å². The molecular weight excluding hydrogens is 256 g/mol. The molecule has 0 heterocycles. The van der Waals surface area contributed by atoms with Gasteiger partial charge in [-0.3, -0.25) is 10.9 Å². The lowest BCUT2D eigenvalue weighted by atomic mass is 10.5. The summed E-state index contributed by atoms with van der Waals surface area (Å²) in [5, 5.41) is 14.7. The standard InChI is InChI=1S/C9H18N6S2/c1-4-10-8(16)14-12-6-7(3)13-15-9(17)11-5-2/h6H,4-5H2,1-3H3,(H2,10,14,16)(H2,11,15,17). The molecule has 4 N–H and O–H groups in total. The van der Waals surface area contributed by atoms with E-state index < -0.39 is 0 Å². The van der Waals surface area contributed by atoms with Crippen molar-refractivity contribution < 1.29 is 0 Å².